The smallest absolute Gasteiger partial charge is 0.136 e. The van der Waals surface area contributed by atoms with Crippen molar-refractivity contribution in [2.75, 3.05) is 5.33 Å². The highest BCUT2D eigenvalue weighted by Crippen LogP contribution is 2.25. The summed E-state index contributed by atoms with van der Waals surface area (Å²) in [7, 11) is 0. The minimum absolute atomic E-state index is 0.102. The average Bonchev–Trinajstić information content (AvgIpc) is 2.15. The molecule has 3 nitrogen and oxygen atoms in total. The van der Waals surface area contributed by atoms with Crippen molar-refractivity contribution in [3.8, 4) is 0 Å². The normalized spacial score (nSPS) is 15.2. The van der Waals surface area contributed by atoms with Crippen molar-refractivity contribution in [3.05, 3.63) is 28.0 Å². The minimum atomic E-state index is -1.06. The molecule has 2 unspecified atom stereocenters. The van der Waals surface area contributed by atoms with Crippen LogP contribution in [0.2, 0.25) is 10.3 Å². The standard InChI is InChI=1S/C8H8BrCl2NO2/c9-3-5(13)7(14)4-1-2-6(10)12-8(4)11/h1-2,5,7,13-14H,3H2. The summed E-state index contributed by atoms with van der Waals surface area (Å²) in [6, 6.07) is 3.04. The molecular weight excluding hydrogens is 293 g/mol. The van der Waals surface area contributed by atoms with E-state index in [4.69, 9.17) is 23.2 Å². The second-order valence-corrected chi connectivity index (χ2v) is 4.07. The Morgan fingerprint density at radius 1 is 1.36 bits per heavy atom. The number of aromatic nitrogens is 1. The second kappa shape index (κ2) is 5.28. The second-order valence-electron chi connectivity index (χ2n) is 2.68. The number of nitrogens with zero attached hydrogens (tertiary/aromatic N) is 1. The van der Waals surface area contributed by atoms with Gasteiger partial charge in [0.15, 0.2) is 0 Å². The Kier molecular flexibility index (Phi) is 4.60. The first-order valence-corrected chi connectivity index (χ1v) is 5.68. The van der Waals surface area contributed by atoms with E-state index in [0.717, 1.165) is 0 Å². The Morgan fingerprint density at radius 2 is 2.00 bits per heavy atom. The molecule has 0 bridgehead atoms. The zero-order chi connectivity index (χ0) is 10.7. The van der Waals surface area contributed by atoms with Gasteiger partial charge in [-0.05, 0) is 6.07 Å². The molecule has 2 N–H and O–H groups in total. The molecule has 0 aromatic carbocycles. The SMILES string of the molecule is OC(CBr)C(O)c1ccc(Cl)nc1Cl. The number of pyridine rings is 1. The number of aliphatic hydroxyl groups excluding tert-OH is 2. The maximum absolute atomic E-state index is 9.61. The number of rotatable bonds is 3. The molecule has 0 spiro atoms. The van der Waals surface area contributed by atoms with E-state index in [1.807, 2.05) is 0 Å². The molecular formula is C8H8BrCl2NO2. The highest BCUT2D eigenvalue weighted by molar-refractivity contribution is 9.09. The van der Waals surface area contributed by atoms with Crippen LogP contribution in [0.1, 0.15) is 11.7 Å². The molecule has 0 fully saturated rings. The summed E-state index contributed by atoms with van der Waals surface area (Å²) in [5.41, 5.74) is 0.364. The van der Waals surface area contributed by atoms with Gasteiger partial charge in [0.2, 0.25) is 0 Å². The van der Waals surface area contributed by atoms with Gasteiger partial charge in [0.05, 0.1) is 6.10 Å². The van der Waals surface area contributed by atoms with Crippen LogP contribution in [0.4, 0.5) is 0 Å². The van der Waals surface area contributed by atoms with E-state index in [9.17, 15) is 10.2 Å². The van der Waals surface area contributed by atoms with E-state index in [2.05, 4.69) is 20.9 Å². The highest BCUT2D eigenvalue weighted by Gasteiger charge is 2.20. The van der Waals surface area contributed by atoms with E-state index in [1.54, 1.807) is 0 Å². The number of hydrogen-bond acceptors (Lipinski definition) is 3. The van der Waals surface area contributed by atoms with Crippen molar-refractivity contribution in [2.45, 2.75) is 12.2 Å². The van der Waals surface area contributed by atoms with E-state index >= 15 is 0 Å². The lowest BCUT2D eigenvalue weighted by Crippen LogP contribution is -2.20. The molecule has 0 aliphatic rings. The topological polar surface area (TPSA) is 53.4 Å². The van der Waals surface area contributed by atoms with Crippen molar-refractivity contribution in [1.29, 1.82) is 0 Å². The fourth-order valence-corrected chi connectivity index (χ4v) is 1.75. The Labute approximate surface area is 99.8 Å². The van der Waals surface area contributed by atoms with E-state index in [0.29, 0.717) is 5.56 Å². The van der Waals surface area contributed by atoms with Gasteiger partial charge in [0, 0.05) is 10.9 Å². The average molecular weight is 301 g/mol. The Balaban J connectivity index is 2.95. The molecule has 1 aromatic rings. The lowest BCUT2D eigenvalue weighted by molar-refractivity contribution is 0.0341. The van der Waals surface area contributed by atoms with Gasteiger partial charge in [0.25, 0.3) is 0 Å². The largest absolute Gasteiger partial charge is 0.389 e. The maximum Gasteiger partial charge on any atom is 0.136 e. The van der Waals surface area contributed by atoms with Gasteiger partial charge in [-0.25, -0.2) is 4.98 Å². The zero-order valence-corrected chi connectivity index (χ0v) is 10.1. The number of alkyl halides is 1. The van der Waals surface area contributed by atoms with Crippen LogP contribution in [0.15, 0.2) is 12.1 Å². The van der Waals surface area contributed by atoms with E-state index in [-0.39, 0.29) is 15.6 Å². The summed E-state index contributed by atoms with van der Waals surface area (Å²) >= 11 is 14.4. The molecule has 14 heavy (non-hydrogen) atoms. The van der Waals surface area contributed by atoms with E-state index < -0.39 is 12.2 Å². The predicted molar refractivity (Wildman–Crippen MR) is 59.0 cm³/mol. The summed E-state index contributed by atoms with van der Waals surface area (Å²) < 4.78 is 0. The number of aliphatic hydroxyl groups is 2. The summed E-state index contributed by atoms with van der Waals surface area (Å²) in [5.74, 6) is 0. The third-order valence-corrected chi connectivity index (χ3v) is 2.86. The number of halogens is 3. The van der Waals surface area contributed by atoms with Crippen LogP contribution in [0.3, 0.4) is 0 Å². The third-order valence-electron chi connectivity index (χ3n) is 1.68. The monoisotopic (exact) mass is 299 g/mol. The van der Waals surface area contributed by atoms with Gasteiger partial charge in [-0.15, -0.1) is 0 Å². The minimum Gasteiger partial charge on any atom is -0.389 e. The molecule has 1 aromatic heterocycles. The fraction of sp³-hybridized carbons (Fsp3) is 0.375. The number of hydrogen-bond donors (Lipinski definition) is 2. The Bertz CT molecular complexity index is 324. The van der Waals surface area contributed by atoms with Crippen LogP contribution in [-0.4, -0.2) is 26.6 Å². The maximum atomic E-state index is 9.61. The van der Waals surface area contributed by atoms with Gasteiger partial charge in [-0.1, -0.05) is 45.2 Å². The van der Waals surface area contributed by atoms with Crippen LogP contribution in [0.5, 0.6) is 0 Å². The summed E-state index contributed by atoms with van der Waals surface area (Å²) in [6.07, 6.45) is -1.98. The van der Waals surface area contributed by atoms with Crippen molar-refractivity contribution < 1.29 is 10.2 Å². The first-order chi connectivity index (χ1) is 6.56. The third kappa shape index (κ3) is 2.81. The van der Waals surface area contributed by atoms with Crippen LogP contribution in [0, 0.1) is 0 Å². The van der Waals surface area contributed by atoms with Crippen molar-refractivity contribution in [2.24, 2.45) is 0 Å². The van der Waals surface area contributed by atoms with Crippen molar-refractivity contribution in [1.82, 2.24) is 4.98 Å². The molecule has 1 rings (SSSR count). The molecule has 0 aliphatic carbocycles. The molecule has 78 valence electrons. The van der Waals surface area contributed by atoms with E-state index in [1.165, 1.54) is 12.1 Å². The van der Waals surface area contributed by atoms with Crippen LogP contribution < -0.4 is 0 Å². The predicted octanol–water partition coefficient (Wildman–Crippen LogP) is 2.18. The first-order valence-electron chi connectivity index (χ1n) is 3.80. The fourth-order valence-electron chi connectivity index (χ4n) is 0.935. The molecule has 0 radical (unpaired) electrons. The molecule has 2 atom stereocenters. The molecule has 0 saturated carbocycles. The molecule has 6 heteroatoms. The van der Waals surface area contributed by atoms with Crippen molar-refractivity contribution >= 4 is 39.1 Å². The van der Waals surface area contributed by atoms with Crippen molar-refractivity contribution in [3.63, 3.8) is 0 Å². The van der Waals surface area contributed by atoms with Gasteiger partial charge < -0.3 is 10.2 Å². The van der Waals surface area contributed by atoms with Gasteiger partial charge in [-0.2, -0.15) is 0 Å². The zero-order valence-electron chi connectivity index (χ0n) is 6.99. The summed E-state index contributed by atoms with van der Waals surface area (Å²) in [4.78, 5) is 3.76. The van der Waals surface area contributed by atoms with Crippen LogP contribution in [-0.2, 0) is 0 Å². The molecule has 0 amide bonds. The van der Waals surface area contributed by atoms with Crippen LogP contribution in [0.25, 0.3) is 0 Å². The van der Waals surface area contributed by atoms with Crippen LogP contribution >= 0.6 is 39.1 Å². The molecule has 0 saturated heterocycles. The lowest BCUT2D eigenvalue weighted by Gasteiger charge is -2.16. The lowest BCUT2D eigenvalue weighted by atomic mass is 10.1. The van der Waals surface area contributed by atoms with Gasteiger partial charge in [-0.3, -0.25) is 0 Å². The summed E-state index contributed by atoms with van der Waals surface area (Å²) in [5, 5.41) is 19.6. The Morgan fingerprint density at radius 3 is 2.50 bits per heavy atom. The quantitative estimate of drug-likeness (QED) is 0.664. The first kappa shape index (κ1) is 12.2. The summed E-state index contributed by atoms with van der Waals surface area (Å²) in [6.45, 7) is 0. The molecule has 1 heterocycles. The van der Waals surface area contributed by atoms with Gasteiger partial charge >= 0.3 is 0 Å². The highest BCUT2D eigenvalue weighted by atomic mass is 79.9. The molecule has 0 aliphatic heterocycles. The van der Waals surface area contributed by atoms with Gasteiger partial charge in [0.1, 0.15) is 16.4 Å². The Hall–Kier alpha value is 0.130.